The van der Waals surface area contributed by atoms with Crippen molar-refractivity contribution >= 4 is 39.8 Å². The molecule has 0 saturated carbocycles. The molecule has 1 aliphatic carbocycles. The van der Waals surface area contributed by atoms with Crippen LogP contribution < -0.4 is 10.7 Å². The number of hydrogen-bond donors (Lipinski definition) is 2. The molecule has 0 radical (unpaired) electrons. The lowest BCUT2D eigenvalue weighted by Crippen LogP contribution is -2.33. The standard InChI is InChI=1S/C20H22N4O4S/c1-3-28-20(27)16-14-6-4-5-7-15(14)29-19(16)22-17(25)18(26)24-23-12(2)13-8-10-21-11-9-13/h8-11H,3-7H2,1-2H3,(H,22,25)(H,24,26)/b23-12+. The summed E-state index contributed by atoms with van der Waals surface area (Å²) in [6, 6.07) is 3.49. The van der Waals surface area contributed by atoms with Crippen LogP contribution in [0.3, 0.4) is 0 Å². The minimum atomic E-state index is -0.917. The number of ether oxygens (including phenoxy) is 1. The zero-order chi connectivity index (χ0) is 20.8. The lowest BCUT2D eigenvalue weighted by Gasteiger charge is -2.12. The van der Waals surface area contributed by atoms with Crippen LogP contribution >= 0.6 is 11.3 Å². The molecule has 8 nitrogen and oxygen atoms in total. The predicted octanol–water partition coefficient (Wildman–Crippen LogP) is 2.68. The Balaban J connectivity index is 1.73. The number of hydrazone groups is 1. The number of thiophene rings is 1. The largest absolute Gasteiger partial charge is 0.462 e. The highest BCUT2D eigenvalue weighted by Crippen LogP contribution is 2.38. The summed E-state index contributed by atoms with van der Waals surface area (Å²) in [5.74, 6) is -2.28. The molecule has 0 aliphatic heterocycles. The quantitative estimate of drug-likeness (QED) is 0.338. The smallest absolute Gasteiger partial charge is 0.341 e. The fraction of sp³-hybridized carbons (Fsp3) is 0.350. The Morgan fingerprint density at radius 1 is 1.17 bits per heavy atom. The number of nitrogens with zero attached hydrogens (tertiary/aromatic N) is 2. The molecule has 3 rings (SSSR count). The van der Waals surface area contributed by atoms with E-state index in [0.29, 0.717) is 16.3 Å². The first-order chi connectivity index (χ1) is 14.0. The van der Waals surface area contributed by atoms with E-state index in [1.165, 1.54) is 11.3 Å². The van der Waals surface area contributed by atoms with Gasteiger partial charge in [0.15, 0.2) is 0 Å². The van der Waals surface area contributed by atoms with Gasteiger partial charge in [0.1, 0.15) is 5.00 Å². The third-order valence-corrected chi connectivity index (χ3v) is 5.71. The van der Waals surface area contributed by atoms with Crippen LogP contribution in [0.15, 0.2) is 29.6 Å². The van der Waals surface area contributed by atoms with Gasteiger partial charge in [-0.1, -0.05) is 0 Å². The maximum Gasteiger partial charge on any atom is 0.341 e. The molecule has 1 aliphatic rings. The Morgan fingerprint density at radius 2 is 1.90 bits per heavy atom. The second-order valence-corrected chi connectivity index (χ2v) is 7.57. The lowest BCUT2D eigenvalue weighted by atomic mass is 9.95. The maximum atomic E-state index is 12.4. The van der Waals surface area contributed by atoms with Crippen molar-refractivity contribution in [2.24, 2.45) is 5.10 Å². The van der Waals surface area contributed by atoms with Gasteiger partial charge < -0.3 is 10.1 Å². The number of amides is 2. The van der Waals surface area contributed by atoms with Gasteiger partial charge in [-0.15, -0.1) is 11.3 Å². The number of fused-ring (bicyclic) bond motifs is 1. The number of pyridine rings is 1. The van der Waals surface area contributed by atoms with Gasteiger partial charge in [-0.25, -0.2) is 10.2 Å². The van der Waals surface area contributed by atoms with Crippen molar-refractivity contribution < 1.29 is 19.1 Å². The SMILES string of the molecule is CCOC(=O)c1c(NC(=O)C(=O)N/N=C(\C)c2ccncc2)sc2c1CCCC2. The van der Waals surface area contributed by atoms with E-state index < -0.39 is 17.8 Å². The van der Waals surface area contributed by atoms with Crippen molar-refractivity contribution in [2.45, 2.75) is 39.5 Å². The van der Waals surface area contributed by atoms with Crippen LogP contribution in [0.4, 0.5) is 5.00 Å². The molecule has 2 aromatic rings. The van der Waals surface area contributed by atoms with Crippen molar-refractivity contribution in [3.63, 3.8) is 0 Å². The Labute approximate surface area is 172 Å². The zero-order valence-corrected chi connectivity index (χ0v) is 17.1. The number of aromatic nitrogens is 1. The van der Waals surface area contributed by atoms with E-state index in [1.807, 2.05) is 0 Å². The molecule has 0 atom stereocenters. The highest BCUT2D eigenvalue weighted by molar-refractivity contribution is 7.17. The molecule has 29 heavy (non-hydrogen) atoms. The van der Waals surface area contributed by atoms with E-state index in [2.05, 4.69) is 20.8 Å². The van der Waals surface area contributed by atoms with Gasteiger partial charge in [0.05, 0.1) is 17.9 Å². The number of rotatable bonds is 5. The molecule has 0 bridgehead atoms. The monoisotopic (exact) mass is 414 g/mol. The first kappa shape index (κ1) is 20.7. The Bertz CT molecular complexity index is 953. The number of carbonyl (C=O) groups is 3. The minimum Gasteiger partial charge on any atom is -0.462 e. The summed E-state index contributed by atoms with van der Waals surface area (Å²) >= 11 is 1.33. The Hall–Kier alpha value is -3.07. The average molecular weight is 414 g/mol. The summed E-state index contributed by atoms with van der Waals surface area (Å²) < 4.78 is 5.15. The van der Waals surface area contributed by atoms with Crippen LogP contribution in [0.2, 0.25) is 0 Å². The van der Waals surface area contributed by atoms with Crippen molar-refractivity contribution in [3.05, 3.63) is 46.1 Å². The Kier molecular flexibility index (Phi) is 6.71. The second-order valence-electron chi connectivity index (χ2n) is 6.46. The molecule has 0 aromatic carbocycles. The van der Waals surface area contributed by atoms with E-state index >= 15 is 0 Å². The first-order valence-electron chi connectivity index (χ1n) is 9.39. The molecule has 152 valence electrons. The normalized spacial score (nSPS) is 13.4. The number of anilines is 1. The fourth-order valence-electron chi connectivity index (χ4n) is 3.08. The van der Waals surface area contributed by atoms with Gasteiger partial charge >= 0.3 is 17.8 Å². The minimum absolute atomic E-state index is 0.236. The molecule has 2 N–H and O–H groups in total. The van der Waals surface area contributed by atoms with Gasteiger partial charge in [-0.3, -0.25) is 14.6 Å². The highest BCUT2D eigenvalue weighted by Gasteiger charge is 2.28. The van der Waals surface area contributed by atoms with Crippen LogP contribution in [0, 0.1) is 0 Å². The van der Waals surface area contributed by atoms with Crippen LogP contribution in [0.1, 0.15) is 53.1 Å². The number of nitrogens with one attached hydrogen (secondary N) is 2. The van der Waals surface area contributed by atoms with Crippen LogP contribution in [0.25, 0.3) is 0 Å². The summed E-state index contributed by atoms with van der Waals surface area (Å²) in [6.07, 6.45) is 6.84. The van der Waals surface area contributed by atoms with Crippen molar-refractivity contribution in [2.75, 3.05) is 11.9 Å². The predicted molar refractivity (Wildman–Crippen MR) is 110 cm³/mol. The molecule has 0 spiro atoms. The van der Waals surface area contributed by atoms with Gasteiger partial charge in [0.25, 0.3) is 0 Å². The number of esters is 1. The molecule has 2 aromatic heterocycles. The number of carbonyl (C=O) groups excluding carboxylic acids is 3. The Morgan fingerprint density at radius 3 is 2.62 bits per heavy atom. The average Bonchev–Trinajstić information content (AvgIpc) is 3.10. The van der Waals surface area contributed by atoms with Crippen molar-refractivity contribution in [3.8, 4) is 0 Å². The van der Waals surface area contributed by atoms with E-state index in [1.54, 1.807) is 38.4 Å². The van der Waals surface area contributed by atoms with E-state index in [-0.39, 0.29) is 6.61 Å². The zero-order valence-electron chi connectivity index (χ0n) is 16.3. The van der Waals surface area contributed by atoms with Gasteiger partial charge in [0, 0.05) is 22.8 Å². The molecule has 2 amide bonds. The molecule has 2 heterocycles. The number of hydrogen-bond acceptors (Lipinski definition) is 7. The molecular weight excluding hydrogens is 392 g/mol. The summed E-state index contributed by atoms with van der Waals surface area (Å²) in [7, 11) is 0. The number of aryl methyl sites for hydroxylation is 1. The molecule has 0 fully saturated rings. The van der Waals surface area contributed by atoms with E-state index in [0.717, 1.165) is 41.7 Å². The summed E-state index contributed by atoms with van der Waals surface area (Å²) in [5.41, 5.74) is 4.83. The second kappa shape index (κ2) is 9.42. The highest BCUT2D eigenvalue weighted by atomic mass is 32.1. The van der Waals surface area contributed by atoms with Crippen LogP contribution in [0.5, 0.6) is 0 Å². The van der Waals surface area contributed by atoms with Gasteiger partial charge in [-0.05, 0) is 57.2 Å². The summed E-state index contributed by atoms with van der Waals surface area (Å²) in [4.78, 5) is 41.9. The van der Waals surface area contributed by atoms with Crippen LogP contribution in [-0.2, 0) is 27.2 Å². The third kappa shape index (κ3) is 4.86. The topological polar surface area (TPSA) is 110 Å². The first-order valence-corrected chi connectivity index (χ1v) is 10.2. The molecule has 9 heteroatoms. The van der Waals surface area contributed by atoms with Crippen molar-refractivity contribution in [1.82, 2.24) is 10.4 Å². The van der Waals surface area contributed by atoms with Gasteiger partial charge in [0.2, 0.25) is 0 Å². The van der Waals surface area contributed by atoms with Crippen LogP contribution in [-0.4, -0.2) is 35.1 Å². The molecule has 0 saturated heterocycles. The molecular formula is C20H22N4O4S. The fourth-order valence-corrected chi connectivity index (χ4v) is 4.35. The summed E-state index contributed by atoms with van der Waals surface area (Å²) in [5, 5.41) is 6.86. The van der Waals surface area contributed by atoms with Gasteiger partial charge in [-0.2, -0.15) is 5.10 Å². The third-order valence-electron chi connectivity index (χ3n) is 4.51. The van der Waals surface area contributed by atoms with E-state index in [4.69, 9.17) is 4.74 Å². The summed E-state index contributed by atoms with van der Waals surface area (Å²) in [6.45, 7) is 3.67. The lowest BCUT2D eigenvalue weighted by molar-refractivity contribution is -0.136. The van der Waals surface area contributed by atoms with Crippen molar-refractivity contribution in [1.29, 1.82) is 0 Å². The maximum absolute atomic E-state index is 12.4. The van der Waals surface area contributed by atoms with E-state index in [9.17, 15) is 14.4 Å². The molecule has 0 unspecified atom stereocenters.